The molecule has 1 aliphatic heterocycles. The molecule has 4 aromatic rings. The summed E-state index contributed by atoms with van der Waals surface area (Å²) in [6, 6.07) is 11.9. The Labute approximate surface area is 196 Å². The second-order valence-corrected chi connectivity index (χ2v) is 9.27. The molecular formula is C24H26ClN5O3. The molecule has 1 aliphatic rings. The first-order valence-electron chi connectivity index (χ1n) is 10.9. The Hall–Kier alpha value is -2.78. The van der Waals surface area contributed by atoms with Gasteiger partial charge in [0.2, 0.25) is 0 Å². The fourth-order valence-electron chi connectivity index (χ4n) is 4.43. The number of anilines is 1. The average Bonchev–Trinajstić information content (AvgIpc) is 3.35. The monoisotopic (exact) mass is 467 g/mol. The van der Waals surface area contributed by atoms with E-state index in [2.05, 4.69) is 33.2 Å². The SMILES string of the molecule is CC(C)(O)O[C@@H]1C[C@@H](CCc2ccc3ccc(N)nc3c2)O[C@H]1n1ccc2c(Cl)ncnc21. The summed E-state index contributed by atoms with van der Waals surface area (Å²) in [6.45, 7) is 3.25. The number of benzene rings is 1. The van der Waals surface area contributed by atoms with Gasteiger partial charge >= 0.3 is 0 Å². The van der Waals surface area contributed by atoms with Crippen molar-refractivity contribution < 1.29 is 14.6 Å². The molecule has 3 atom stereocenters. The molecule has 0 spiro atoms. The molecule has 172 valence electrons. The van der Waals surface area contributed by atoms with Gasteiger partial charge in [-0.1, -0.05) is 23.7 Å². The van der Waals surface area contributed by atoms with Crippen LogP contribution in [-0.4, -0.2) is 42.6 Å². The number of aliphatic hydroxyl groups is 1. The van der Waals surface area contributed by atoms with Gasteiger partial charge in [0.15, 0.2) is 12.0 Å². The van der Waals surface area contributed by atoms with Crippen molar-refractivity contribution in [3.63, 3.8) is 0 Å². The number of nitrogens with two attached hydrogens (primary N) is 1. The third kappa shape index (κ3) is 4.65. The topological polar surface area (TPSA) is 108 Å². The number of rotatable bonds is 6. The Morgan fingerprint density at radius 1 is 1.24 bits per heavy atom. The van der Waals surface area contributed by atoms with E-state index in [0.717, 1.165) is 29.1 Å². The van der Waals surface area contributed by atoms with Gasteiger partial charge in [0.25, 0.3) is 0 Å². The lowest BCUT2D eigenvalue weighted by Crippen LogP contribution is -2.33. The van der Waals surface area contributed by atoms with Gasteiger partial charge in [0.1, 0.15) is 29.0 Å². The Bertz CT molecular complexity index is 1300. The van der Waals surface area contributed by atoms with Crippen LogP contribution < -0.4 is 5.73 Å². The number of aryl methyl sites for hydroxylation is 1. The third-order valence-electron chi connectivity index (χ3n) is 5.85. The fourth-order valence-corrected chi connectivity index (χ4v) is 4.62. The van der Waals surface area contributed by atoms with Gasteiger partial charge in [0.05, 0.1) is 17.0 Å². The maximum absolute atomic E-state index is 10.3. The fraction of sp³-hybridized carbons (Fsp3) is 0.375. The molecule has 3 N–H and O–H groups in total. The minimum Gasteiger partial charge on any atom is -0.384 e. The first-order chi connectivity index (χ1) is 15.8. The molecule has 1 saturated heterocycles. The van der Waals surface area contributed by atoms with E-state index in [1.165, 1.54) is 11.9 Å². The van der Waals surface area contributed by atoms with Crippen molar-refractivity contribution >= 4 is 39.4 Å². The lowest BCUT2D eigenvalue weighted by atomic mass is 10.0. The van der Waals surface area contributed by atoms with Gasteiger partial charge in [0, 0.05) is 18.0 Å². The van der Waals surface area contributed by atoms with Gasteiger partial charge in [-0.3, -0.25) is 0 Å². The lowest BCUT2D eigenvalue weighted by molar-refractivity contribution is -0.222. The second kappa shape index (κ2) is 8.53. The van der Waals surface area contributed by atoms with Crippen LogP contribution in [-0.2, 0) is 15.9 Å². The van der Waals surface area contributed by atoms with Crippen molar-refractivity contribution in [1.82, 2.24) is 19.5 Å². The molecule has 1 aromatic carbocycles. The zero-order valence-corrected chi connectivity index (χ0v) is 19.2. The van der Waals surface area contributed by atoms with Crippen LogP contribution in [0.1, 0.15) is 38.5 Å². The highest BCUT2D eigenvalue weighted by molar-refractivity contribution is 6.33. The molecule has 0 aliphatic carbocycles. The molecular weight excluding hydrogens is 442 g/mol. The standard InChI is InChI=1S/C24H26ClN5O3/c1-24(2,31)33-19-12-16(7-4-14-3-5-15-6-8-20(26)29-18(15)11-14)32-23(19)30-10-9-17-21(25)27-13-28-22(17)30/h3,5-6,8-11,13,16,19,23,31H,4,7,12H2,1-2H3,(H2,26,29)/t16-,19-,23-/m1/s1. The van der Waals surface area contributed by atoms with Crippen LogP contribution in [0.3, 0.4) is 0 Å². The number of hydrogen-bond donors (Lipinski definition) is 2. The summed E-state index contributed by atoms with van der Waals surface area (Å²) in [5.41, 5.74) is 8.56. The van der Waals surface area contributed by atoms with Crippen LogP contribution in [0.2, 0.25) is 5.15 Å². The van der Waals surface area contributed by atoms with E-state index in [9.17, 15) is 5.11 Å². The van der Waals surface area contributed by atoms with E-state index in [4.69, 9.17) is 26.8 Å². The molecule has 4 heterocycles. The third-order valence-corrected chi connectivity index (χ3v) is 6.15. The number of nitrogens with zero attached hydrogens (tertiary/aromatic N) is 4. The quantitative estimate of drug-likeness (QED) is 0.322. The summed E-state index contributed by atoms with van der Waals surface area (Å²) in [5, 5.41) is 12.5. The van der Waals surface area contributed by atoms with Crippen molar-refractivity contribution in [2.24, 2.45) is 0 Å². The molecule has 0 radical (unpaired) electrons. The number of pyridine rings is 1. The first-order valence-corrected chi connectivity index (χ1v) is 11.3. The predicted octanol–water partition coefficient (Wildman–Crippen LogP) is 4.25. The molecule has 0 amide bonds. The molecule has 0 unspecified atom stereocenters. The van der Waals surface area contributed by atoms with Gasteiger partial charge < -0.3 is 24.9 Å². The van der Waals surface area contributed by atoms with Crippen molar-refractivity contribution in [1.29, 1.82) is 0 Å². The Balaban J connectivity index is 1.36. The summed E-state index contributed by atoms with van der Waals surface area (Å²) >= 11 is 6.23. The van der Waals surface area contributed by atoms with Gasteiger partial charge in [-0.25, -0.2) is 15.0 Å². The second-order valence-electron chi connectivity index (χ2n) is 8.91. The smallest absolute Gasteiger partial charge is 0.162 e. The summed E-state index contributed by atoms with van der Waals surface area (Å²) < 4.78 is 14.3. The van der Waals surface area contributed by atoms with Crippen LogP contribution in [0.15, 0.2) is 48.9 Å². The highest BCUT2D eigenvalue weighted by Gasteiger charge is 2.40. The largest absolute Gasteiger partial charge is 0.384 e. The number of halogens is 1. The highest BCUT2D eigenvalue weighted by atomic mass is 35.5. The van der Waals surface area contributed by atoms with Crippen LogP contribution in [0, 0.1) is 0 Å². The van der Waals surface area contributed by atoms with E-state index in [1.54, 1.807) is 19.9 Å². The van der Waals surface area contributed by atoms with Crippen molar-refractivity contribution in [3.05, 3.63) is 59.6 Å². The van der Waals surface area contributed by atoms with Crippen LogP contribution in [0.4, 0.5) is 5.82 Å². The zero-order valence-electron chi connectivity index (χ0n) is 18.5. The van der Waals surface area contributed by atoms with Gasteiger partial charge in [-0.05, 0) is 56.5 Å². The van der Waals surface area contributed by atoms with Crippen molar-refractivity contribution in [3.8, 4) is 0 Å². The van der Waals surface area contributed by atoms with Crippen molar-refractivity contribution in [2.45, 2.75) is 57.3 Å². The molecule has 8 nitrogen and oxygen atoms in total. The number of aromatic nitrogens is 4. The molecule has 1 fully saturated rings. The molecule has 33 heavy (non-hydrogen) atoms. The van der Waals surface area contributed by atoms with E-state index in [0.29, 0.717) is 23.0 Å². The Kier molecular flexibility index (Phi) is 5.70. The highest BCUT2D eigenvalue weighted by Crippen LogP contribution is 2.37. The molecule has 0 bridgehead atoms. The zero-order chi connectivity index (χ0) is 23.2. The first kappa shape index (κ1) is 22.0. The van der Waals surface area contributed by atoms with Crippen LogP contribution >= 0.6 is 11.6 Å². The van der Waals surface area contributed by atoms with Gasteiger partial charge in [-0.15, -0.1) is 0 Å². The number of ether oxygens (including phenoxy) is 2. The van der Waals surface area contributed by atoms with Crippen LogP contribution in [0.5, 0.6) is 0 Å². The van der Waals surface area contributed by atoms with Gasteiger partial charge in [-0.2, -0.15) is 0 Å². The summed E-state index contributed by atoms with van der Waals surface area (Å²) in [7, 11) is 0. The minimum atomic E-state index is -1.29. The summed E-state index contributed by atoms with van der Waals surface area (Å²) in [5.74, 6) is -0.781. The maximum Gasteiger partial charge on any atom is 0.162 e. The minimum absolute atomic E-state index is 0.0541. The van der Waals surface area contributed by atoms with Crippen molar-refractivity contribution in [2.75, 3.05) is 5.73 Å². The summed E-state index contributed by atoms with van der Waals surface area (Å²) in [6.07, 6.45) is 4.72. The van der Waals surface area contributed by atoms with E-state index >= 15 is 0 Å². The predicted molar refractivity (Wildman–Crippen MR) is 127 cm³/mol. The van der Waals surface area contributed by atoms with E-state index in [-0.39, 0.29) is 12.2 Å². The van der Waals surface area contributed by atoms with Crippen LogP contribution in [0.25, 0.3) is 21.9 Å². The van der Waals surface area contributed by atoms with E-state index < -0.39 is 12.0 Å². The number of nitrogen functional groups attached to an aromatic ring is 1. The van der Waals surface area contributed by atoms with E-state index in [1.807, 2.05) is 22.9 Å². The molecule has 0 saturated carbocycles. The number of hydrogen-bond acceptors (Lipinski definition) is 7. The Morgan fingerprint density at radius 3 is 2.88 bits per heavy atom. The molecule has 9 heteroatoms. The Morgan fingerprint density at radius 2 is 2.06 bits per heavy atom. The lowest BCUT2D eigenvalue weighted by Gasteiger charge is -2.27. The maximum atomic E-state index is 10.3. The molecule has 3 aromatic heterocycles. The normalized spacial score (nSPS) is 21.3. The summed E-state index contributed by atoms with van der Waals surface area (Å²) in [4.78, 5) is 12.9. The average molecular weight is 468 g/mol. The number of fused-ring (bicyclic) bond motifs is 2. The molecule has 5 rings (SSSR count).